The molecule has 1 saturated heterocycles. The largest absolute Gasteiger partial charge is 0.478 e. The molecule has 1 aliphatic heterocycles. The minimum atomic E-state index is -1.02. The average molecular weight is 234 g/mol. The smallest absolute Gasteiger partial charge is 0.335 e. The third kappa shape index (κ3) is 2.62. The third-order valence-electron chi connectivity index (χ3n) is 2.69. The fraction of sp³-hybridized carbons (Fsp3) is 0.333. The molecule has 5 heteroatoms. The first-order chi connectivity index (χ1) is 8.18. The molecular formula is C12H14N2O3. The Balaban J connectivity index is 2.12. The first kappa shape index (κ1) is 11.6. The summed E-state index contributed by atoms with van der Waals surface area (Å²) < 4.78 is 5.25. The molecule has 1 aromatic heterocycles. The van der Waals surface area contributed by atoms with Gasteiger partial charge in [-0.2, -0.15) is 0 Å². The molecule has 0 amide bonds. The molecule has 17 heavy (non-hydrogen) atoms. The number of hydrogen-bond donors (Lipinski definition) is 1. The van der Waals surface area contributed by atoms with E-state index >= 15 is 0 Å². The molecule has 90 valence electrons. The van der Waals surface area contributed by atoms with Gasteiger partial charge in [0.15, 0.2) is 0 Å². The number of morpholine rings is 1. The van der Waals surface area contributed by atoms with E-state index in [4.69, 9.17) is 9.84 Å². The molecule has 0 bridgehead atoms. The van der Waals surface area contributed by atoms with Gasteiger partial charge in [-0.05, 0) is 12.1 Å². The van der Waals surface area contributed by atoms with Gasteiger partial charge in [-0.3, -0.25) is 0 Å². The predicted molar refractivity (Wildman–Crippen MR) is 63.9 cm³/mol. The number of carboxylic acids is 1. The van der Waals surface area contributed by atoms with Gasteiger partial charge in [0, 0.05) is 24.8 Å². The van der Waals surface area contributed by atoms with E-state index in [2.05, 4.69) is 16.5 Å². The molecule has 1 aliphatic rings. The van der Waals surface area contributed by atoms with Crippen LogP contribution in [-0.4, -0.2) is 42.4 Å². The van der Waals surface area contributed by atoms with Crippen LogP contribution >= 0.6 is 0 Å². The van der Waals surface area contributed by atoms with Crippen molar-refractivity contribution in [3.05, 3.63) is 30.5 Å². The molecule has 5 nitrogen and oxygen atoms in total. The zero-order valence-electron chi connectivity index (χ0n) is 9.43. The quantitative estimate of drug-likeness (QED) is 0.791. The maximum Gasteiger partial charge on any atom is 0.335 e. The molecule has 1 aromatic rings. The van der Waals surface area contributed by atoms with Crippen LogP contribution in [0.25, 0.3) is 5.57 Å². The molecule has 0 atom stereocenters. The van der Waals surface area contributed by atoms with Crippen LogP contribution in [0.15, 0.2) is 24.9 Å². The topological polar surface area (TPSA) is 62.7 Å². The van der Waals surface area contributed by atoms with E-state index in [1.54, 1.807) is 12.3 Å². The highest BCUT2D eigenvalue weighted by Gasteiger charge is 2.13. The van der Waals surface area contributed by atoms with Crippen LogP contribution in [0.3, 0.4) is 0 Å². The number of aliphatic carboxylic acids is 1. The van der Waals surface area contributed by atoms with Gasteiger partial charge in [0.25, 0.3) is 0 Å². The summed E-state index contributed by atoms with van der Waals surface area (Å²) in [6, 6.07) is 3.54. The minimum Gasteiger partial charge on any atom is -0.478 e. The van der Waals surface area contributed by atoms with Crippen LogP contribution in [0.1, 0.15) is 5.56 Å². The number of carboxylic acid groups (broad SMARTS) is 1. The second-order valence-electron chi connectivity index (χ2n) is 3.79. The van der Waals surface area contributed by atoms with Crippen LogP contribution in [0.2, 0.25) is 0 Å². The number of pyridine rings is 1. The minimum absolute atomic E-state index is 0.0611. The summed E-state index contributed by atoms with van der Waals surface area (Å²) in [5.74, 6) is -0.179. The summed E-state index contributed by atoms with van der Waals surface area (Å²) in [4.78, 5) is 17.1. The Morgan fingerprint density at radius 1 is 1.41 bits per heavy atom. The third-order valence-corrected chi connectivity index (χ3v) is 2.69. The van der Waals surface area contributed by atoms with Crippen molar-refractivity contribution in [2.75, 3.05) is 31.2 Å². The lowest BCUT2D eigenvalue weighted by Gasteiger charge is -2.27. The molecular weight excluding hydrogens is 220 g/mol. The van der Waals surface area contributed by atoms with Gasteiger partial charge in [0.2, 0.25) is 0 Å². The van der Waals surface area contributed by atoms with E-state index in [-0.39, 0.29) is 5.57 Å². The molecule has 2 rings (SSSR count). The van der Waals surface area contributed by atoms with Gasteiger partial charge in [-0.1, -0.05) is 6.58 Å². The van der Waals surface area contributed by atoms with Crippen molar-refractivity contribution in [3.8, 4) is 0 Å². The summed E-state index contributed by atoms with van der Waals surface area (Å²) in [6.07, 6.45) is 1.54. The molecule has 0 radical (unpaired) electrons. The highest BCUT2D eigenvalue weighted by molar-refractivity contribution is 6.14. The fourth-order valence-corrected chi connectivity index (χ4v) is 1.67. The maximum atomic E-state index is 10.7. The van der Waals surface area contributed by atoms with Crippen molar-refractivity contribution in [3.63, 3.8) is 0 Å². The number of nitrogens with zero attached hydrogens (tertiary/aromatic N) is 2. The van der Waals surface area contributed by atoms with Gasteiger partial charge in [-0.25, -0.2) is 9.78 Å². The van der Waals surface area contributed by atoms with Gasteiger partial charge in [0.05, 0.1) is 18.8 Å². The van der Waals surface area contributed by atoms with E-state index in [9.17, 15) is 4.79 Å². The van der Waals surface area contributed by atoms with Crippen LogP contribution in [0, 0.1) is 0 Å². The van der Waals surface area contributed by atoms with E-state index in [1.165, 1.54) is 0 Å². The lowest BCUT2D eigenvalue weighted by Crippen LogP contribution is -2.36. The summed E-state index contributed by atoms with van der Waals surface area (Å²) in [7, 11) is 0. The van der Waals surface area contributed by atoms with Crippen LogP contribution in [-0.2, 0) is 9.53 Å². The Morgan fingerprint density at radius 3 is 2.65 bits per heavy atom. The predicted octanol–water partition coefficient (Wildman–Crippen LogP) is 1.02. The van der Waals surface area contributed by atoms with Crippen LogP contribution in [0.5, 0.6) is 0 Å². The Kier molecular flexibility index (Phi) is 3.39. The number of ether oxygens (including phenoxy) is 1. The monoisotopic (exact) mass is 234 g/mol. The molecule has 0 saturated carbocycles. The number of hydrogen-bond acceptors (Lipinski definition) is 4. The number of aromatic nitrogens is 1. The van der Waals surface area contributed by atoms with Crippen molar-refractivity contribution in [2.24, 2.45) is 0 Å². The second-order valence-corrected chi connectivity index (χ2v) is 3.79. The molecule has 0 aromatic carbocycles. The Bertz CT molecular complexity index is 422. The highest BCUT2D eigenvalue weighted by Crippen LogP contribution is 2.17. The lowest BCUT2D eigenvalue weighted by molar-refractivity contribution is -0.130. The van der Waals surface area contributed by atoms with Crippen LogP contribution < -0.4 is 4.90 Å². The second kappa shape index (κ2) is 4.97. The Labute approximate surface area is 99.3 Å². The van der Waals surface area contributed by atoms with Crippen molar-refractivity contribution >= 4 is 17.4 Å². The van der Waals surface area contributed by atoms with Gasteiger partial charge in [0.1, 0.15) is 5.82 Å². The first-order valence-corrected chi connectivity index (χ1v) is 5.40. The summed E-state index contributed by atoms with van der Waals surface area (Å²) in [5, 5.41) is 8.80. The summed E-state index contributed by atoms with van der Waals surface area (Å²) in [5.41, 5.74) is 0.598. The number of carbonyl (C=O) groups is 1. The molecule has 0 spiro atoms. The fourth-order valence-electron chi connectivity index (χ4n) is 1.67. The van der Waals surface area contributed by atoms with E-state index < -0.39 is 5.97 Å². The van der Waals surface area contributed by atoms with Gasteiger partial charge in [-0.15, -0.1) is 0 Å². The number of rotatable bonds is 3. The maximum absolute atomic E-state index is 10.7. The highest BCUT2D eigenvalue weighted by atomic mass is 16.5. The summed E-state index contributed by atoms with van der Waals surface area (Å²) in [6.45, 7) is 6.52. The van der Waals surface area contributed by atoms with Crippen LogP contribution in [0.4, 0.5) is 5.82 Å². The van der Waals surface area contributed by atoms with Crippen molar-refractivity contribution in [1.82, 2.24) is 4.98 Å². The van der Waals surface area contributed by atoms with Gasteiger partial charge < -0.3 is 14.7 Å². The zero-order valence-corrected chi connectivity index (χ0v) is 9.43. The van der Waals surface area contributed by atoms with Gasteiger partial charge >= 0.3 is 5.97 Å². The van der Waals surface area contributed by atoms with Crippen molar-refractivity contribution in [2.45, 2.75) is 0 Å². The lowest BCUT2D eigenvalue weighted by atomic mass is 10.1. The van der Waals surface area contributed by atoms with E-state index in [0.29, 0.717) is 18.8 Å². The first-order valence-electron chi connectivity index (χ1n) is 5.40. The SMILES string of the molecule is C=C(C(=O)O)c1ccc(N2CCOCC2)nc1. The zero-order chi connectivity index (χ0) is 12.3. The van der Waals surface area contributed by atoms with E-state index in [1.807, 2.05) is 6.07 Å². The summed E-state index contributed by atoms with van der Waals surface area (Å²) >= 11 is 0. The number of anilines is 1. The Hall–Kier alpha value is -1.88. The van der Waals surface area contributed by atoms with Crippen molar-refractivity contribution < 1.29 is 14.6 Å². The molecule has 2 heterocycles. The standard InChI is InChI=1S/C12H14N2O3/c1-9(12(15)16)10-2-3-11(13-8-10)14-4-6-17-7-5-14/h2-3,8H,1,4-7H2,(H,15,16). The molecule has 0 aliphatic carbocycles. The average Bonchev–Trinajstić information content (AvgIpc) is 2.39. The molecule has 0 unspecified atom stereocenters. The molecule has 1 N–H and O–H groups in total. The Morgan fingerprint density at radius 2 is 2.12 bits per heavy atom. The molecule has 1 fully saturated rings. The normalized spacial score (nSPS) is 15.6. The van der Waals surface area contributed by atoms with E-state index in [0.717, 1.165) is 18.9 Å². The van der Waals surface area contributed by atoms with Crippen molar-refractivity contribution in [1.29, 1.82) is 0 Å².